The second kappa shape index (κ2) is 8.26. The molecule has 0 atom stereocenters. The first-order chi connectivity index (χ1) is 13.5. The molecule has 8 heteroatoms. The Morgan fingerprint density at radius 3 is 2.43 bits per heavy atom. The third kappa shape index (κ3) is 3.38. The van der Waals surface area contributed by atoms with E-state index in [0.29, 0.717) is 17.4 Å². The van der Waals surface area contributed by atoms with Crippen molar-refractivity contribution >= 4 is 23.0 Å². The number of fused-ring (bicyclic) bond motifs is 1. The summed E-state index contributed by atoms with van der Waals surface area (Å²) in [6.45, 7) is 7.26. The molecule has 1 aromatic carbocycles. The fourth-order valence-corrected chi connectivity index (χ4v) is 3.37. The molecule has 148 valence electrons. The van der Waals surface area contributed by atoms with Crippen LogP contribution < -0.4 is 21.7 Å². The average molecular weight is 383 g/mol. The molecule has 0 unspecified atom stereocenters. The molecule has 2 heterocycles. The van der Waals surface area contributed by atoms with Gasteiger partial charge in [-0.3, -0.25) is 15.0 Å². The molecule has 2 aromatic heterocycles. The van der Waals surface area contributed by atoms with E-state index in [1.54, 1.807) is 6.92 Å². The number of benzene rings is 1. The van der Waals surface area contributed by atoms with Crippen molar-refractivity contribution in [2.24, 2.45) is 5.84 Å². The van der Waals surface area contributed by atoms with Crippen molar-refractivity contribution in [1.82, 2.24) is 15.0 Å². The van der Waals surface area contributed by atoms with E-state index >= 15 is 0 Å². The van der Waals surface area contributed by atoms with Crippen molar-refractivity contribution in [3.63, 3.8) is 0 Å². The lowest BCUT2D eigenvalue weighted by atomic mass is 10.2. The zero-order chi connectivity index (χ0) is 20.3. The van der Waals surface area contributed by atoms with Crippen LogP contribution in [0.3, 0.4) is 0 Å². The van der Waals surface area contributed by atoms with Gasteiger partial charge in [0.05, 0.1) is 11.3 Å². The third-order valence-corrected chi connectivity index (χ3v) is 4.53. The normalized spacial score (nSPS) is 11.0. The number of nitrogens with one attached hydrogen (secondary N) is 1. The van der Waals surface area contributed by atoms with Crippen molar-refractivity contribution in [3.05, 3.63) is 52.0 Å². The van der Waals surface area contributed by atoms with Gasteiger partial charge >= 0.3 is 0 Å². The lowest BCUT2D eigenvalue weighted by Gasteiger charge is -2.25. The highest BCUT2D eigenvalue weighted by molar-refractivity contribution is 6.06. The highest BCUT2D eigenvalue weighted by Gasteiger charge is 2.26. The number of nitrogen functional groups attached to an aromatic ring is 1. The molecular weight excluding hydrogens is 358 g/mol. The van der Waals surface area contributed by atoms with Gasteiger partial charge in [0.25, 0.3) is 11.5 Å². The van der Waals surface area contributed by atoms with Crippen LogP contribution in [0.15, 0.2) is 39.5 Å². The summed E-state index contributed by atoms with van der Waals surface area (Å²) in [7, 11) is 0. The average Bonchev–Trinajstić information content (AvgIpc) is 3.04. The molecule has 0 spiro atoms. The Morgan fingerprint density at radius 1 is 1.21 bits per heavy atom. The molecule has 0 fully saturated rings. The zero-order valence-corrected chi connectivity index (χ0v) is 16.4. The molecule has 3 rings (SSSR count). The number of carbonyl (C=O) groups excluding carboxylic acids is 1. The predicted molar refractivity (Wildman–Crippen MR) is 109 cm³/mol. The minimum Gasteiger partial charge on any atom is -0.442 e. The quantitative estimate of drug-likeness (QED) is 0.369. The third-order valence-electron chi connectivity index (χ3n) is 4.53. The molecule has 8 nitrogen and oxygen atoms in total. The predicted octanol–water partition coefficient (Wildman–Crippen LogP) is 2.52. The number of carbonyl (C=O) groups is 1. The van der Waals surface area contributed by atoms with E-state index in [-0.39, 0.29) is 22.2 Å². The molecule has 3 aromatic rings. The molecule has 0 aliphatic rings. The van der Waals surface area contributed by atoms with E-state index in [1.807, 2.05) is 30.3 Å². The molecule has 1 amide bonds. The number of aryl methyl sites for hydroxylation is 1. The van der Waals surface area contributed by atoms with Gasteiger partial charge in [0, 0.05) is 13.1 Å². The van der Waals surface area contributed by atoms with E-state index in [9.17, 15) is 9.59 Å². The van der Waals surface area contributed by atoms with Crippen molar-refractivity contribution in [2.75, 3.05) is 18.0 Å². The number of nitrogens with two attached hydrogens (primary N) is 1. The van der Waals surface area contributed by atoms with Crippen LogP contribution >= 0.6 is 0 Å². The maximum atomic E-state index is 13.5. The van der Waals surface area contributed by atoms with Crippen molar-refractivity contribution in [3.8, 4) is 5.69 Å². The summed E-state index contributed by atoms with van der Waals surface area (Å²) >= 11 is 0. The SMILES string of the molecule is CCCN(CCC)c1nc2oc(C)c(C(=O)NN)c2c(=O)n1-c1ccccc1. The lowest BCUT2D eigenvalue weighted by molar-refractivity contribution is 0.0953. The van der Waals surface area contributed by atoms with E-state index in [4.69, 9.17) is 10.3 Å². The molecule has 0 saturated heterocycles. The summed E-state index contributed by atoms with van der Waals surface area (Å²) in [5.74, 6) is 5.52. The van der Waals surface area contributed by atoms with Crippen LogP contribution in [0.1, 0.15) is 42.8 Å². The van der Waals surface area contributed by atoms with Gasteiger partial charge in [-0.25, -0.2) is 10.4 Å². The number of hydrazine groups is 1. The largest absolute Gasteiger partial charge is 0.442 e. The Morgan fingerprint density at radius 2 is 1.86 bits per heavy atom. The first-order valence-corrected chi connectivity index (χ1v) is 9.40. The Labute approximate surface area is 162 Å². The second-order valence-corrected chi connectivity index (χ2v) is 6.56. The van der Waals surface area contributed by atoms with Gasteiger partial charge in [-0.2, -0.15) is 4.98 Å². The molecule has 0 bridgehead atoms. The van der Waals surface area contributed by atoms with E-state index in [1.165, 1.54) is 4.57 Å². The number of rotatable bonds is 7. The number of hydrogen-bond acceptors (Lipinski definition) is 6. The highest BCUT2D eigenvalue weighted by Crippen LogP contribution is 2.25. The van der Waals surface area contributed by atoms with Gasteiger partial charge in [-0.15, -0.1) is 0 Å². The maximum Gasteiger partial charge on any atom is 0.271 e. The maximum absolute atomic E-state index is 13.5. The molecular formula is C20H25N5O3. The number of anilines is 1. The number of amides is 1. The van der Waals surface area contributed by atoms with E-state index in [2.05, 4.69) is 29.2 Å². The fourth-order valence-electron chi connectivity index (χ4n) is 3.37. The number of hydrogen-bond donors (Lipinski definition) is 2. The topological polar surface area (TPSA) is 106 Å². The number of nitrogens with zero attached hydrogens (tertiary/aromatic N) is 3. The van der Waals surface area contributed by atoms with Gasteiger partial charge < -0.3 is 9.32 Å². The van der Waals surface area contributed by atoms with Gasteiger partial charge in [0.1, 0.15) is 11.1 Å². The van der Waals surface area contributed by atoms with Gasteiger partial charge in [0.2, 0.25) is 11.7 Å². The zero-order valence-electron chi connectivity index (χ0n) is 16.4. The van der Waals surface area contributed by atoms with Gasteiger partial charge in [-0.05, 0) is 31.9 Å². The fraction of sp³-hybridized carbons (Fsp3) is 0.350. The Bertz CT molecular complexity index is 1030. The second-order valence-electron chi connectivity index (χ2n) is 6.56. The molecule has 3 N–H and O–H groups in total. The Balaban J connectivity index is 2.39. The van der Waals surface area contributed by atoms with E-state index in [0.717, 1.165) is 25.9 Å². The standard InChI is InChI=1S/C20H25N5O3/c1-4-11-24(12-5-2)20-22-18-16(15(13(3)28-18)17(26)23-21)19(27)25(20)14-9-7-6-8-10-14/h6-10H,4-5,11-12,21H2,1-3H3,(H,23,26). The number of para-hydroxylation sites is 1. The summed E-state index contributed by atoms with van der Waals surface area (Å²) < 4.78 is 7.21. The summed E-state index contributed by atoms with van der Waals surface area (Å²) in [6.07, 6.45) is 1.81. The Hall–Kier alpha value is -3.13. The lowest BCUT2D eigenvalue weighted by Crippen LogP contribution is -2.35. The number of furan rings is 1. The summed E-state index contributed by atoms with van der Waals surface area (Å²) in [4.78, 5) is 32.5. The minimum atomic E-state index is -0.582. The molecule has 28 heavy (non-hydrogen) atoms. The van der Waals surface area contributed by atoms with Crippen molar-refractivity contribution < 1.29 is 9.21 Å². The smallest absolute Gasteiger partial charge is 0.271 e. The monoisotopic (exact) mass is 383 g/mol. The summed E-state index contributed by atoms with van der Waals surface area (Å²) in [6, 6.07) is 9.27. The minimum absolute atomic E-state index is 0.115. The summed E-state index contributed by atoms with van der Waals surface area (Å²) in [5, 5.41) is 0.126. The molecule has 0 radical (unpaired) electrons. The van der Waals surface area contributed by atoms with E-state index < -0.39 is 5.91 Å². The first-order valence-electron chi connectivity index (χ1n) is 9.40. The van der Waals surface area contributed by atoms with Crippen LogP contribution in [0.2, 0.25) is 0 Å². The van der Waals surface area contributed by atoms with Crippen LogP contribution in [0.4, 0.5) is 5.95 Å². The van der Waals surface area contributed by atoms with Gasteiger partial charge in [0.15, 0.2) is 0 Å². The molecule has 0 aliphatic heterocycles. The highest BCUT2D eigenvalue weighted by atomic mass is 16.3. The van der Waals surface area contributed by atoms with Crippen molar-refractivity contribution in [2.45, 2.75) is 33.6 Å². The van der Waals surface area contributed by atoms with Crippen molar-refractivity contribution in [1.29, 1.82) is 0 Å². The molecule has 0 saturated carbocycles. The number of aromatic nitrogens is 2. The van der Waals surface area contributed by atoms with Crippen LogP contribution in [-0.2, 0) is 0 Å². The van der Waals surface area contributed by atoms with Gasteiger partial charge in [-0.1, -0.05) is 32.0 Å². The molecule has 0 aliphatic carbocycles. The van der Waals surface area contributed by atoms with Crippen LogP contribution in [0.25, 0.3) is 16.8 Å². The van der Waals surface area contributed by atoms with Crippen LogP contribution in [0, 0.1) is 6.92 Å². The van der Waals surface area contributed by atoms with Crippen LogP contribution in [-0.4, -0.2) is 28.5 Å². The van der Waals surface area contributed by atoms with Crippen LogP contribution in [0.5, 0.6) is 0 Å². The Kier molecular flexibility index (Phi) is 5.79. The summed E-state index contributed by atoms with van der Waals surface area (Å²) in [5.41, 5.74) is 2.64. The first kappa shape index (κ1) is 19.6.